The van der Waals surface area contributed by atoms with Crippen molar-refractivity contribution in [1.82, 2.24) is 0 Å². The van der Waals surface area contributed by atoms with Crippen molar-refractivity contribution < 1.29 is 27.5 Å². The summed E-state index contributed by atoms with van der Waals surface area (Å²) in [6, 6.07) is 20.0. The molecule has 172 valence electrons. The second-order valence-electron chi connectivity index (χ2n) is 7.38. The quantitative estimate of drug-likeness (QED) is 0.505. The predicted molar refractivity (Wildman–Crippen MR) is 119 cm³/mol. The molecule has 0 aliphatic heterocycles. The number of ether oxygens (including phenoxy) is 1. The van der Waals surface area contributed by atoms with Crippen LogP contribution in [0.5, 0.6) is 5.75 Å². The molecule has 5 nitrogen and oxygen atoms in total. The van der Waals surface area contributed by atoms with Crippen molar-refractivity contribution in [2.75, 3.05) is 18.6 Å². The molecule has 0 saturated carbocycles. The molecule has 33 heavy (non-hydrogen) atoms. The number of carbonyl (C=O) groups excluding carboxylic acids is 2. The summed E-state index contributed by atoms with van der Waals surface area (Å²) in [4.78, 5) is 27.2. The van der Waals surface area contributed by atoms with Crippen LogP contribution >= 0.6 is 0 Å². The van der Waals surface area contributed by atoms with Crippen molar-refractivity contribution >= 4 is 17.5 Å². The molecule has 0 aliphatic rings. The van der Waals surface area contributed by atoms with Crippen LogP contribution in [0.3, 0.4) is 0 Å². The minimum atomic E-state index is -4.43. The van der Waals surface area contributed by atoms with Crippen LogP contribution < -0.4 is 15.4 Å². The molecule has 0 spiro atoms. The van der Waals surface area contributed by atoms with Gasteiger partial charge < -0.3 is 15.4 Å². The summed E-state index contributed by atoms with van der Waals surface area (Å²) in [6.07, 6.45) is -4.16. The van der Waals surface area contributed by atoms with E-state index in [0.717, 1.165) is 12.1 Å². The van der Waals surface area contributed by atoms with Crippen molar-refractivity contribution in [2.24, 2.45) is 5.73 Å². The molecule has 0 aromatic heterocycles. The van der Waals surface area contributed by atoms with Crippen LogP contribution in [0.15, 0.2) is 78.9 Å². The molecule has 0 bridgehead atoms. The maximum atomic E-state index is 13.5. The Morgan fingerprint density at radius 3 is 2.21 bits per heavy atom. The van der Waals surface area contributed by atoms with Gasteiger partial charge in [-0.3, -0.25) is 9.59 Å². The average Bonchev–Trinajstić information content (AvgIpc) is 2.79. The Morgan fingerprint density at radius 1 is 0.970 bits per heavy atom. The van der Waals surface area contributed by atoms with Crippen molar-refractivity contribution in [1.29, 1.82) is 0 Å². The highest BCUT2D eigenvalue weighted by atomic mass is 19.4. The number of methoxy groups -OCH3 is 1. The zero-order valence-electron chi connectivity index (χ0n) is 17.9. The topological polar surface area (TPSA) is 72.6 Å². The summed E-state index contributed by atoms with van der Waals surface area (Å²) in [5.74, 6) is -2.04. The fraction of sp³-hybridized carbons (Fsp3) is 0.200. The standard InChI is InChI=1S/C25H23F3N2O3/c1-33-21-9-5-8-20(16-21)30(15-14-17-10-12-19(13-11-17)25(26,27)28)24(32)22(23(29)31)18-6-3-2-4-7-18/h2-13,16,22H,14-15H2,1H3,(H2,29,31). The number of amides is 2. The highest BCUT2D eigenvalue weighted by Gasteiger charge is 2.32. The first-order valence-corrected chi connectivity index (χ1v) is 10.2. The first-order valence-electron chi connectivity index (χ1n) is 10.2. The monoisotopic (exact) mass is 456 g/mol. The largest absolute Gasteiger partial charge is 0.497 e. The minimum Gasteiger partial charge on any atom is -0.497 e. The fourth-order valence-electron chi connectivity index (χ4n) is 3.48. The molecule has 0 aliphatic carbocycles. The second-order valence-corrected chi connectivity index (χ2v) is 7.38. The van der Waals surface area contributed by atoms with Crippen LogP contribution in [0.4, 0.5) is 18.9 Å². The van der Waals surface area contributed by atoms with Crippen LogP contribution in [-0.4, -0.2) is 25.5 Å². The molecule has 0 radical (unpaired) electrons. The van der Waals surface area contributed by atoms with E-state index in [1.165, 1.54) is 24.1 Å². The van der Waals surface area contributed by atoms with Gasteiger partial charge in [0.1, 0.15) is 11.7 Å². The Labute approximate surface area is 189 Å². The SMILES string of the molecule is COc1cccc(N(CCc2ccc(C(F)(F)F)cc2)C(=O)C(C(N)=O)c2ccccc2)c1. The van der Waals surface area contributed by atoms with Crippen molar-refractivity contribution in [3.8, 4) is 5.75 Å². The van der Waals surface area contributed by atoms with Crippen LogP contribution in [0.1, 0.15) is 22.6 Å². The number of nitrogens with zero attached hydrogens (tertiary/aromatic N) is 1. The Bertz CT molecular complexity index is 1100. The zero-order chi connectivity index (χ0) is 24.0. The van der Waals surface area contributed by atoms with Gasteiger partial charge in [0.25, 0.3) is 0 Å². The molecule has 3 rings (SSSR count). The summed E-state index contributed by atoms with van der Waals surface area (Å²) in [7, 11) is 1.49. The molecule has 8 heteroatoms. The summed E-state index contributed by atoms with van der Waals surface area (Å²) in [6.45, 7) is 0.119. The Kier molecular flexibility index (Phi) is 7.37. The molecule has 3 aromatic carbocycles. The van der Waals surface area contributed by atoms with E-state index in [1.54, 1.807) is 54.6 Å². The van der Waals surface area contributed by atoms with Gasteiger partial charge in [-0.05, 0) is 41.8 Å². The number of benzene rings is 3. The Morgan fingerprint density at radius 2 is 1.64 bits per heavy atom. The van der Waals surface area contributed by atoms with E-state index in [9.17, 15) is 22.8 Å². The molecular formula is C25H23F3N2O3. The van der Waals surface area contributed by atoms with Gasteiger partial charge >= 0.3 is 6.18 Å². The number of hydrogen-bond acceptors (Lipinski definition) is 3. The van der Waals surface area contributed by atoms with Crippen molar-refractivity contribution in [3.63, 3.8) is 0 Å². The van der Waals surface area contributed by atoms with Gasteiger partial charge in [-0.15, -0.1) is 0 Å². The maximum Gasteiger partial charge on any atom is 0.416 e. The first kappa shape index (κ1) is 23.8. The summed E-state index contributed by atoms with van der Waals surface area (Å²) in [5, 5.41) is 0. The molecular weight excluding hydrogens is 433 g/mol. The van der Waals surface area contributed by atoms with Gasteiger partial charge in [0.15, 0.2) is 0 Å². The van der Waals surface area contributed by atoms with E-state index in [1.807, 2.05) is 0 Å². The summed E-state index contributed by atoms with van der Waals surface area (Å²) in [5.41, 5.74) is 6.39. The van der Waals surface area contributed by atoms with Gasteiger partial charge in [-0.25, -0.2) is 0 Å². The third kappa shape index (κ3) is 5.91. The number of carbonyl (C=O) groups is 2. The van der Waals surface area contributed by atoms with Crippen LogP contribution in [0.2, 0.25) is 0 Å². The molecule has 2 N–H and O–H groups in total. The normalized spacial score (nSPS) is 12.1. The van der Waals surface area contributed by atoms with E-state index in [0.29, 0.717) is 22.6 Å². The molecule has 0 saturated heterocycles. The highest BCUT2D eigenvalue weighted by molar-refractivity contribution is 6.11. The van der Waals surface area contributed by atoms with E-state index in [4.69, 9.17) is 10.5 Å². The van der Waals surface area contributed by atoms with Crippen molar-refractivity contribution in [3.05, 3.63) is 95.6 Å². The number of anilines is 1. The lowest BCUT2D eigenvalue weighted by Crippen LogP contribution is -2.41. The van der Waals surface area contributed by atoms with Crippen molar-refractivity contribution in [2.45, 2.75) is 18.5 Å². The molecule has 0 heterocycles. The zero-order valence-corrected chi connectivity index (χ0v) is 17.9. The number of primary amides is 1. The number of rotatable bonds is 8. The van der Waals surface area contributed by atoms with Gasteiger partial charge in [-0.2, -0.15) is 13.2 Å². The minimum absolute atomic E-state index is 0.119. The smallest absolute Gasteiger partial charge is 0.416 e. The Hall–Kier alpha value is -3.81. The van der Waals surface area contributed by atoms with E-state index in [2.05, 4.69) is 0 Å². The van der Waals surface area contributed by atoms with Crippen LogP contribution in [0, 0.1) is 0 Å². The molecule has 1 atom stereocenters. The highest BCUT2D eigenvalue weighted by Crippen LogP contribution is 2.30. The Balaban J connectivity index is 1.92. The summed E-state index contributed by atoms with van der Waals surface area (Å²) >= 11 is 0. The van der Waals surface area contributed by atoms with Gasteiger partial charge in [0.05, 0.1) is 12.7 Å². The predicted octanol–water partition coefficient (Wildman–Crippen LogP) is 4.56. The molecule has 1 unspecified atom stereocenters. The number of alkyl halides is 3. The summed E-state index contributed by atoms with van der Waals surface area (Å²) < 4.78 is 43.8. The first-order chi connectivity index (χ1) is 15.7. The van der Waals surface area contributed by atoms with E-state index < -0.39 is 29.5 Å². The number of nitrogens with two attached hydrogens (primary N) is 1. The third-order valence-electron chi connectivity index (χ3n) is 5.20. The lowest BCUT2D eigenvalue weighted by atomic mass is 9.96. The van der Waals surface area contributed by atoms with Gasteiger partial charge in [-0.1, -0.05) is 48.5 Å². The van der Waals surface area contributed by atoms with Crippen LogP contribution in [-0.2, 0) is 22.2 Å². The average molecular weight is 456 g/mol. The molecule has 2 amide bonds. The third-order valence-corrected chi connectivity index (χ3v) is 5.20. The van der Waals surface area contributed by atoms with E-state index >= 15 is 0 Å². The van der Waals surface area contributed by atoms with Gasteiger partial charge in [0, 0.05) is 18.3 Å². The lowest BCUT2D eigenvalue weighted by molar-refractivity contribution is -0.137. The van der Waals surface area contributed by atoms with E-state index in [-0.39, 0.29) is 13.0 Å². The van der Waals surface area contributed by atoms with Crippen LogP contribution in [0.25, 0.3) is 0 Å². The maximum absolute atomic E-state index is 13.5. The lowest BCUT2D eigenvalue weighted by Gasteiger charge is -2.27. The molecule has 3 aromatic rings. The van der Waals surface area contributed by atoms with Gasteiger partial charge in [0.2, 0.25) is 11.8 Å². The molecule has 0 fully saturated rings. The number of hydrogen-bond donors (Lipinski definition) is 1. The fourth-order valence-corrected chi connectivity index (χ4v) is 3.48. The number of halogens is 3. The second kappa shape index (κ2) is 10.2.